The maximum absolute atomic E-state index is 15.8. The Morgan fingerprint density at radius 2 is 2.00 bits per heavy atom. The second kappa shape index (κ2) is 10.7. The average molecular weight is 531 g/mol. The molecular formula is C26H32ClFN6O3. The number of rotatable bonds is 4. The van der Waals surface area contributed by atoms with Crippen molar-refractivity contribution in [1.82, 2.24) is 25.0 Å². The number of likely N-dealkylation sites (tertiary alicyclic amines) is 1. The summed E-state index contributed by atoms with van der Waals surface area (Å²) in [6.07, 6.45) is 3.93. The standard InChI is InChI=1S/C24H26ClFN6O3.C2H6/c1-24(35)13-31(12-14-10-28-30(2)22(14)25)7-5-18(24)16-3-4-19-17(21(16)26)9-15(11-27-19)32-8-6-20(33)29-23(32)34;1-2/h3-4,9-11,18,35H,5-8,12-13H2,1-2H3,(H,29,33,34);1-2H3. The van der Waals surface area contributed by atoms with Crippen LogP contribution >= 0.6 is 11.6 Å². The third-order valence-corrected chi connectivity index (χ3v) is 7.40. The van der Waals surface area contributed by atoms with Gasteiger partial charge >= 0.3 is 6.03 Å². The number of benzene rings is 1. The van der Waals surface area contributed by atoms with E-state index in [0.29, 0.717) is 48.0 Å². The summed E-state index contributed by atoms with van der Waals surface area (Å²) in [6, 6.07) is 4.44. The normalized spacial score (nSPS) is 22.6. The first-order valence-corrected chi connectivity index (χ1v) is 12.8. The zero-order chi connectivity index (χ0) is 26.9. The number of nitrogens with zero attached hydrogens (tertiary/aromatic N) is 5. The number of anilines is 1. The van der Waals surface area contributed by atoms with E-state index in [-0.39, 0.29) is 24.3 Å². The van der Waals surface area contributed by atoms with Crippen LogP contribution in [0.4, 0.5) is 14.9 Å². The van der Waals surface area contributed by atoms with Crippen LogP contribution in [0.2, 0.25) is 5.15 Å². The maximum atomic E-state index is 15.8. The predicted molar refractivity (Wildman–Crippen MR) is 140 cm³/mol. The van der Waals surface area contributed by atoms with E-state index in [9.17, 15) is 14.7 Å². The monoisotopic (exact) mass is 530 g/mol. The van der Waals surface area contributed by atoms with E-state index in [1.165, 1.54) is 11.1 Å². The molecule has 198 valence electrons. The Morgan fingerprint density at radius 1 is 1.24 bits per heavy atom. The lowest BCUT2D eigenvalue weighted by Gasteiger charge is -2.43. The first-order valence-electron chi connectivity index (χ1n) is 12.4. The van der Waals surface area contributed by atoms with E-state index in [0.717, 1.165) is 5.56 Å². The van der Waals surface area contributed by atoms with Gasteiger partial charge in [0.25, 0.3) is 0 Å². The van der Waals surface area contributed by atoms with Crippen LogP contribution in [0.1, 0.15) is 50.7 Å². The van der Waals surface area contributed by atoms with Gasteiger partial charge in [-0.1, -0.05) is 31.5 Å². The van der Waals surface area contributed by atoms with Crippen LogP contribution in [0, 0.1) is 5.82 Å². The van der Waals surface area contributed by atoms with Gasteiger partial charge in [0.15, 0.2) is 0 Å². The van der Waals surface area contributed by atoms with Gasteiger partial charge in [0.05, 0.1) is 29.2 Å². The Balaban J connectivity index is 0.00000156. The molecule has 2 atom stereocenters. The van der Waals surface area contributed by atoms with Crippen LogP contribution in [0.5, 0.6) is 0 Å². The third kappa shape index (κ3) is 5.32. The van der Waals surface area contributed by atoms with Crippen molar-refractivity contribution in [3.63, 3.8) is 0 Å². The third-order valence-electron chi connectivity index (χ3n) is 6.91. The lowest BCUT2D eigenvalue weighted by atomic mass is 9.77. The molecule has 0 spiro atoms. The number of aromatic nitrogens is 3. The van der Waals surface area contributed by atoms with Crippen molar-refractivity contribution in [1.29, 1.82) is 0 Å². The van der Waals surface area contributed by atoms with Gasteiger partial charge in [-0.15, -0.1) is 0 Å². The fourth-order valence-corrected chi connectivity index (χ4v) is 5.25. The molecule has 2 aromatic heterocycles. The molecule has 2 saturated heterocycles. The lowest BCUT2D eigenvalue weighted by molar-refractivity contribution is -0.120. The van der Waals surface area contributed by atoms with Gasteiger partial charge in [-0.05, 0) is 37.6 Å². The average Bonchev–Trinajstić information content (AvgIpc) is 3.18. The number of hydrogen-bond donors (Lipinski definition) is 2. The van der Waals surface area contributed by atoms with Crippen molar-refractivity contribution in [2.45, 2.75) is 51.7 Å². The molecule has 9 nitrogen and oxygen atoms in total. The molecule has 0 saturated carbocycles. The van der Waals surface area contributed by atoms with Crippen molar-refractivity contribution in [2.24, 2.45) is 7.05 Å². The van der Waals surface area contributed by atoms with Crippen LogP contribution in [-0.2, 0) is 18.4 Å². The van der Waals surface area contributed by atoms with Crippen molar-refractivity contribution < 1.29 is 19.1 Å². The number of β-amino-alcohol motifs (C(OH)–C–C–N with tert-alkyl or cyclic N) is 1. The number of amides is 3. The van der Waals surface area contributed by atoms with Gasteiger partial charge in [0, 0.05) is 50.0 Å². The molecule has 2 aliphatic rings. The van der Waals surface area contributed by atoms with E-state index in [2.05, 4.69) is 20.3 Å². The van der Waals surface area contributed by atoms with Gasteiger partial charge in [-0.3, -0.25) is 29.6 Å². The predicted octanol–water partition coefficient (Wildman–Crippen LogP) is 3.97. The largest absolute Gasteiger partial charge is 0.388 e. The lowest BCUT2D eigenvalue weighted by Crippen LogP contribution is -2.50. The number of nitrogens with one attached hydrogen (secondary N) is 1. The van der Waals surface area contributed by atoms with Crippen LogP contribution in [0.25, 0.3) is 10.9 Å². The second-order valence-corrected chi connectivity index (χ2v) is 9.84. The number of fused-ring (bicyclic) bond motifs is 1. The Bertz CT molecular complexity index is 1330. The first kappa shape index (κ1) is 27.0. The number of pyridine rings is 1. The molecule has 2 aliphatic heterocycles. The molecule has 11 heteroatoms. The molecule has 1 aromatic carbocycles. The Morgan fingerprint density at radius 3 is 2.65 bits per heavy atom. The van der Waals surface area contributed by atoms with Crippen LogP contribution in [0.3, 0.4) is 0 Å². The number of carbonyl (C=O) groups excluding carboxylic acids is 2. The molecule has 37 heavy (non-hydrogen) atoms. The van der Waals surface area contributed by atoms with E-state index in [4.69, 9.17) is 11.6 Å². The van der Waals surface area contributed by atoms with Crippen molar-refractivity contribution in [3.05, 3.63) is 52.7 Å². The Hall–Kier alpha value is -3.08. The van der Waals surface area contributed by atoms with Gasteiger partial charge in [0.1, 0.15) is 11.0 Å². The van der Waals surface area contributed by atoms with Gasteiger partial charge in [-0.25, -0.2) is 9.18 Å². The summed E-state index contributed by atoms with van der Waals surface area (Å²) in [5.41, 5.74) is 0.973. The van der Waals surface area contributed by atoms with E-state index >= 15 is 4.39 Å². The summed E-state index contributed by atoms with van der Waals surface area (Å²) in [5, 5.41) is 18.6. The molecule has 4 heterocycles. The minimum absolute atomic E-state index is 0.165. The summed E-state index contributed by atoms with van der Waals surface area (Å²) in [4.78, 5) is 31.5. The topological polar surface area (TPSA) is 104 Å². The Kier molecular flexibility index (Phi) is 7.82. The molecular weight excluding hydrogens is 499 g/mol. The molecule has 0 aliphatic carbocycles. The summed E-state index contributed by atoms with van der Waals surface area (Å²) < 4.78 is 17.4. The molecule has 2 fully saturated rings. The molecule has 5 rings (SSSR count). The molecule has 0 bridgehead atoms. The number of halogens is 2. The number of imide groups is 1. The van der Waals surface area contributed by atoms with Gasteiger partial charge in [0.2, 0.25) is 5.91 Å². The number of aliphatic hydroxyl groups is 1. The highest BCUT2D eigenvalue weighted by atomic mass is 35.5. The zero-order valence-corrected chi connectivity index (χ0v) is 22.2. The summed E-state index contributed by atoms with van der Waals surface area (Å²) in [7, 11) is 1.77. The molecule has 0 radical (unpaired) electrons. The van der Waals surface area contributed by atoms with E-state index in [1.807, 2.05) is 13.8 Å². The fourth-order valence-electron chi connectivity index (χ4n) is 5.10. The number of urea groups is 1. The summed E-state index contributed by atoms with van der Waals surface area (Å²) in [5.74, 6) is -1.22. The zero-order valence-electron chi connectivity index (χ0n) is 21.5. The molecule has 2 unspecified atom stereocenters. The van der Waals surface area contributed by atoms with Gasteiger partial charge in [-0.2, -0.15) is 5.10 Å². The first-order chi connectivity index (χ1) is 17.6. The highest BCUT2D eigenvalue weighted by Crippen LogP contribution is 2.39. The fraction of sp³-hybridized carbons (Fsp3) is 0.462. The SMILES string of the molecule is CC.Cn1ncc(CN2CCC(c3ccc4ncc(N5CCC(=O)NC5=O)cc4c3F)C(C)(O)C2)c1Cl. The quantitative estimate of drug-likeness (QED) is 0.529. The van der Waals surface area contributed by atoms with Gasteiger partial charge < -0.3 is 5.11 Å². The van der Waals surface area contributed by atoms with Crippen molar-refractivity contribution in [2.75, 3.05) is 24.5 Å². The van der Waals surface area contributed by atoms with Crippen molar-refractivity contribution in [3.8, 4) is 0 Å². The maximum Gasteiger partial charge on any atom is 0.328 e. The molecule has 3 amide bonds. The number of hydrogen-bond acceptors (Lipinski definition) is 6. The van der Waals surface area contributed by atoms with E-state index < -0.39 is 23.4 Å². The Labute approximate surface area is 220 Å². The number of carbonyl (C=O) groups is 2. The molecule has 2 N–H and O–H groups in total. The van der Waals surface area contributed by atoms with Crippen LogP contribution in [0.15, 0.2) is 30.6 Å². The van der Waals surface area contributed by atoms with Crippen LogP contribution < -0.4 is 10.2 Å². The smallest absolute Gasteiger partial charge is 0.328 e. The van der Waals surface area contributed by atoms with E-state index in [1.54, 1.807) is 43.0 Å². The minimum atomic E-state index is -1.18. The number of aryl methyl sites for hydroxylation is 1. The number of piperidine rings is 1. The highest BCUT2D eigenvalue weighted by molar-refractivity contribution is 6.30. The minimum Gasteiger partial charge on any atom is -0.388 e. The van der Waals surface area contributed by atoms with Crippen molar-refractivity contribution >= 4 is 40.1 Å². The highest BCUT2D eigenvalue weighted by Gasteiger charge is 2.40. The second-order valence-electron chi connectivity index (χ2n) is 9.48. The molecule has 3 aromatic rings. The van der Waals surface area contributed by atoms with Crippen LogP contribution in [-0.4, -0.2) is 61.9 Å². The summed E-state index contributed by atoms with van der Waals surface area (Å²) in [6.45, 7) is 7.48. The summed E-state index contributed by atoms with van der Waals surface area (Å²) >= 11 is 6.30.